The van der Waals surface area contributed by atoms with Crippen LogP contribution in [-0.4, -0.2) is 30.1 Å². The summed E-state index contributed by atoms with van der Waals surface area (Å²) in [5.74, 6) is 0. The summed E-state index contributed by atoms with van der Waals surface area (Å²) >= 11 is 0. The SMILES string of the molecule is Cc1cc(C)cc(C[C@H](C)NC(=O)N2CCC(C)(C#N)CC2)c1. The minimum Gasteiger partial charge on any atom is -0.335 e. The lowest BCUT2D eigenvalue weighted by atomic mass is 9.82. The van der Waals surface area contributed by atoms with Crippen molar-refractivity contribution in [2.75, 3.05) is 13.1 Å². The molecule has 0 aliphatic carbocycles. The van der Waals surface area contributed by atoms with Crippen LogP contribution in [0.4, 0.5) is 4.79 Å². The van der Waals surface area contributed by atoms with Crippen molar-refractivity contribution in [2.45, 2.75) is 53.0 Å². The Morgan fingerprint density at radius 2 is 1.87 bits per heavy atom. The quantitative estimate of drug-likeness (QED) is 0.927. The number of nitrogens with zero attached hydrogens (tertiary/aromatic N) is 2. The van der Waals surface area contributed by atoms with E-state index in [4.69, 9.17) is 5.26 Å². The molecule has 0 unspecified atom stereocenters. The number of nitriles is 1. The number of nitrogens with one attached hydrogen (secondary N) is 1. The van der Waals surface area contributed by atoms with Crippen LogP contribution in [-0.2, 0) is 6.42 Å². The molecule has 1 aliphatic rings. The van der Waals surface area contributed by atoms with Crippen LogP contribution in [0.3, 0.4) is 0 Å². The van der Waals surface area contributed by atoms with Crippen LogP contribution in [0.15, 0.2) is 18.2 Å². The van der Waals surface area contributed by atoms with Crippen molar-refractivity contribution in [2.24, 2.45) is 5.41 Å². The Bertz CT molecular complexity index is 589. The number of urea groups is 1. The van der Waals surface area contributed by atoms with Crippen LogP contribution >= 0.6 is 0 Å². The Morgan fingerprint density at radius 3 is 2.39 bits per heavy atom. The minimum atomic E-state index is -0.276. The van der Waals surface area contributed by atoms with Gasteiger partial charge in [0.15, 0.2) is 0 Å². The highest BCUT2D eigenvalue weighted by atomic mass is 16.2. The highest BCUT2D eigenvalue weighted by Gasteiger charge is 2.32. The molecular formula is C19H27N3O. The Labute approximate surface area is 139 Å². The number of carbonyl (C=O) groups excluding carboxylic acids is 1. The number of rotatable bonds is 3. The van der Waals surface area contributed by atoms with Gasteiger partial charge in [0.2, 0.25) is 0 Å². The van der Waals surface area contributed by atoms with Gasteiger partial charge >= 0.3 is 6.03 Å². The van der Waals surface area contributed by atoms with Crippen LogP contribution in [0.1, 0.15) is 43.4 Å². The van der Waals surface area contributed by atoms with Crippen molar-refractivity contribution in [3.63, 3.8) is 0 Å². The first-order valence-electron chi connectivity index (χ1n) is 8.35. The van der Waals surface area contributed by atoms with E-state index in [9.17, 15) is 4.79 Å². The van der Waals surface area contributed by atoms with Crippen molar-refractivity contribution >= 4 is 6.03 Å². The van der Waals surface area contributed by atoms with Gasteiger partial charge in [-0.05, 0) is 52.5 Å². The lowest BCUT2D eigenvalue weighted by Crippen LogP contribution is -2.49. The molecule has 1 fully saturated rings. The number of amides is 2. The van der Waals surface area contributed by atoms with E-state index in [-0.39, 0.29) is 17.5 Å². The highest BCUT2D eigenvalue weighted by molar-refractivity contribution is 5.74. The number of carbonyl (C=O) groups is 1. The van der Waals surface area contributed by atoms with Crippen molar-refractivity contribution in [3.05, 3.63) is 34.9 Å². The van der Waals surface area contributed by atoms with Crippen LogP contribution in [0, 0.1) is 30.6 Å². The normalized spacial score (nSPS) is 18.1. The van der Waals surface area contributed by atoms with Gasteiger partial charge < -0.3 is 10.2 Å². The third kappa shape index (κ3) is 4.72. The van der Waals surface area contributed by atoms with Gasteiger partial charge in [-0.3, -0.25) is 0 Å². The van der Waals surface area contributed by atoms with Gasteiger partial charge in [-0.2, -0.15) is 5.26 Å². The summed E-state index contributed by atoms with van der Waals surface area (Å²) in [7, 11) is 0. The summed E-state index contributed by atoms with van der Waals surface area (Å²) in [5.41, 5.74) is 3.49. The lowest BCUT2D eigenvalue weighted by Gasteiger charge is -2.35. The van der Waals surface area contributed by atoms with Crippen molar-refractivity contribution in [1.29, 1.82) is 5.26 Å². The third-order valence-electron chi connectivity index (χ3n) is 4.62. The van der Waals surface area contributed by atoms with Crippen molar-refractivity contribution in [1.82, 2.24) is 10.2 Å². The molecule has 1 heterocycles. The highest BCUT2D eigenvalue weighted by Crippen LogP contribution is 2.29. The molecule has 0 bridgehead atoms. The molecule has 1 atom stereocenters. The van der Waals surface area contributed by atoms with E-state index in [1.165, 1.54) is 16.7 Å². The van der Waals surface area contributed by atoms with Gasteiger partial charge in [0.1, 0.15) is 0 Å². The standard InChI is InChI=1S/C19H27N3O/c1-14-9-15(2)11-17(10-14)12-16(3)21-18(23)22-7-5-19(4,13-20)6-8-22/h9-11,16H,5-8,12H2,1-4H3,(H,21,23)/t16-/m0/s1. The zero-order chi connectivity index (χ0) is 17.0. The molecule has 124 valence electrons. The average molecular weight is 313 g/mol. The van der Waals surface area contributed by atoms with Crippen LogP contribution in [0.25, 0.3) is 0 Å². The van der Waals surface area contributed by atoms with Crippen molar-refractivity contribution in [3.8, 4) is 6.07 Å². The van der Waals surface area contributed by atoms with Gasteiger partial charge in [-0.1, -0.05) is 29.3 Å². The first-order valence-corrected chi connectivity index (χ1v) is 8.35. The molecule has 0 spiro atoms. The zero-order valence-electron chi connectivity index (χ0n) is 14.6. The van der Waals surface area contributed by atoms with E-state index in [0.717, 1.165) is 19.3 Å². The molecule has 4 heteroatoms. The predicted octanol–water partition coefficient (Wildman–Crippen LogP) is 3.57. The summed E-state index contributed by atoms with van der Waals surface area (Å²) in [6.07, 6.45) is 2.34. The number of piperidine rings is 1. The second-order valence-electron chi connectivity index (χ2n) is 7.21. The zero-order valence-corrected chi connectivity index (χ0v) is 14.6. The van der Waals surface area contributed by atoms with E-state index in [1.807, 2.05) is 18.7 Å². The van der Waals surface area contributed by atoms with Crippen molar-refractivity contribution < 1.29 is 4.79 Å². The Morgan fingerprint density at radius 1 is 1.30 bits per heavy atom. The minimum absolute atomic E-state index is 0.0122. The number of hydrogen-bond donors (Lipinski definition) is 1. The fraction of sp³-hybridized carbons (Fsp3) is 0.579. The monoisotopic (exact) mass is 313 g/mol. The summed E-state index contributed by atoms with van der Waals surface area (Å²) in [6.45, 7) is 9.53. The third-order valence-corrected chi connectivity index (χ3v) is 4.62. The lowest BCUT2D eigenvalue weighted by molar-refractivity contribution is 0.154. The fourth-order valence-corrected chi connectivity index (χ4v) is 3.21. The molecule has 1 N–H and O–H groups in total. The molecule has 1 aliphatic heterocycles. The van der Waals surface area contributed by atoms with Crippen LogP contribution < -0.4 is 5.32 Å². The summed E-state index contributed by atoms with van der Waals surface area (Å²) < 4.78 is 0. The Balaban J connectivity index is 1.87. The molecule has 0 aromatic heterocycles. The fourth-order valence-electron chi connectivity index (χ4n) is 3.21. The number of benzene rings is 1. The number of hydrogen-bond acceptors (Lipinski definition) is 2. The van der Waals surface area contributed by atoms with E-state index >= 15 is 0 Å². The maximum atomic E-state index is 12.4. The van der Waals surface area contributed by atoms with E-state index in [2.05, 4.69) is 43.4 Å². The summed E-state index contributed by atoms with van der Waals surface area (Å²) in [5, 5.41) is 12.2. The van der Waals surface area contributed by atoms with Crippen LogP contribution in [0.2, 0.25) is 0 Å². The Hall–Kier alpha value is -2.02. The van der Waals surface area contributed by atoms with Gasteiger partial charge in [0.05, 0.1) is 11.5 Å². The van der Waals surface area contributed by atoms with Gasteiger partial charge in [0, 0.05) is 19.1 Å². The number of likely N-dealkylation sites (tertiary alicyclic amines) is 1. The molecule has 1 aromatic rings. The smallest absolute Gasteiger partial charge is 0.317 e. The van der Waals surface area contributed by atoms with Gasteiger partial charge in [-0.25, -0.2) is 4.79 Å². The second kappa shape index (κ2) is 7.04. The van der Waals surface area contributed by atoms with E-state index in [1.54, 1.807) is 0 Å². The number of aryl methyl sites for hydroxylation is 2. The predicted molar refractivity (Wildman–Crippen MR) is 92.1 cm³/mol. The van der Waals surface area contributed by atoms with Gasteiger partial charge in [0.25, 0.3) is 0 Å². The molecule has 2 rings (SSSR count). The van der Waals surface area contributed by atoms with Crippen LogP contribution in [0.5, 0.6) is 0 Å². The maximum absolute atomic E-state index is 12.4. The van der Waals surface area contributed by atoms with E-state index in [0.29, 0.717) is 13.1 Å². The molecule has 1 saturated heterocycles. The first kappa shape index (κ1) is 17.3. The summed E-state index contributed by atoms with van der Waals surface area (Å²) in [4.78, 5) is 14.2. The molecule has 23 heavy (non-hydrogen) atoms. The maximum Gasteiger partial charge on any atom is 0.317 e. The molecule has 0 saturated carbocycles. The topological polar surface area (TPSA) is 56.1 Å². The largest absolute Gasteiger partial charge is 0.335 e. The molecule has 4 nitrogen and oxygen atoms in total. The van der Waals surface area contributed by atoms with E-state index < -0.39 is 0 Å². The molecule has 0 radical (unpaired) electrons. The Kier molecular flexibility index (Phi) is 5.30. The van der Waals surface area contributed by atoms with Gasteiger partial charge in [-0.15, -0.1) is 0 Å². The molecule has 2 amide bonds. The first-order chi connectivity index (χ1) is 10.8. The summed E-state index contributed by atoms with van der Waals surface area (Å²) in [6, 6.07) is 8.95. The average Bonchev–Trinajstić information content (AvgIpc) is 2.46. The molecule has 1 aromatic carbocycles. The molecular weight excluding hydrogens is 286 g/mol. The second-order valence-corrected chi connectivity index (χ2v) is 7.21.